The number of cyclic esters (lactones) is 1. The van der Waals surface area contributed by atoms with Gasteiger partial charge >= 0.3 is 17.9 Å². The Morgan fingerprint density at radius 1 is 0.948 bits per heavy atom. The Balaban J connectivity index is 1.24. The Morgan fingerprint density at radius 3 is 2.27 bits per heavy atom. The van der Waals surface area contributed by atoms with Gasteiger partial charge in [0.25, 0.3) is 0 Å². The van der Waals surface area contributed by atoms with Gasteiger partial charge in [0.2, 0.25) is 5.43 Å². The number of rotatable bonds is 20. The third-order valence-electron chi connectivity index (χ3n) is 15.8. The quantitative estimate of drug-likeness (QED) is 0.0478. The number of aliphatic hydroxyl groups is 4. The molecule has 3 aliphatic heterocycles. The molecule has 0 aliphatic carbocycles. The number of aromatic nitrogens is 1. The van der Waals surface area contributed by atoms with Crippen LogP contribution in [0.1, 0.15) is 117 Å². The van der Waals surface area contributed by atoms with Crippen molar-refractivity contribution in [2.75, 3.05) is 54.6 Å². The van der Waals surface area contributed by atoms with Crippen molar-refractivity contribution in [1.29, 1.82) is 0 Å². The van der Waals surface area contributed by atoms with Crippen molar-refractivity contribution in [3.8, 4) is 0 Å². The number of hydrogen-bond donors (Lipinski definition) is 6. The third kappa shape index (κ3) is 15.6. The van der Waals surface area contributed by atoms with E-state index in [-0.39, 0.29) is 49.1 Å². The maximum atomic E-state index is 14.4. The van der Waals surface area contributed by atoms with Crippen LogP contribution in [0.15, 0.2) is 34.3 Å². The Kier molecular flexibility index (Phi) is 23.0. The number of methoxy groups -OCH3 is 1. The van der Waals surface area contributed by atoms with E-state index in [0.29, 0.717) is 63.0 Å². The molecule has 3 aliphatic rings. The second-order valence-corrected chi connectivity index (χ2v) is 22.1. The molecular weight excluding hydrogens is 1000 g/mol. The van der Waals surface area contributed by atoms with E-state index in [1.807, 2.05) is 56.9 Å². The van der Waals surface area contributed by atoms with Gasteiger partial charge in [-0.15, -0.1) is 0 Å². The van der Waals surface area contributed by atoms with E-state index in [4.69, 9.17) is 37.9 Å². The lowest BCUT2D eigenvalue weighted by atomic mass is 9.75. The molecule has 5 rings (SSSR count). The highest BCUT2D eigenvalue weighted by Gasteiger charge is 2.53. The lowest BCUT2D eigenvalue weighted by Gasteiger charge is -2.47. The van der Waals surface area contributed by atoms with Gasteiger partial charge in [-0.1, -0.05) is 32.0 Å². The number of ether oxygens (including phenoxy) is 8. The van der Waals surface area contributed by atoms with E-state index in [0.717, 1.165) is 5.56 Å². The second kappa shape index (κ2) is 27.8. The van der Waals surface area contributed by atoms with Crippen LogP contribution in [-0.2, 0) is 60.4 Å². The molecule has 1 unspecified atom stereocenters. The fourth-order valence-corrected chi connectivity index (χ4v) is 11.2. The Hall–Kier alpha value is -4.17. The number of carboxylic acid groups (broad SMARTS) is 1. The average molecular weight is 1090 g/mol. The summed E-state index contributed by atoms with van der Waals surface area (Å²) in [6.07, 6.45) is -8.57. The van der Waals surface area contributed by atoms with Crippen molar-refractivity contribution in [2.45, 2.75) is 199 Å². The molecule has 4 heterocycles. The molecule has 3 saturated heterocycles. The van der Waals surface area contributed by atoms with Gasteiger partial charge in [-0.05, 0) is 112 Å². The summed E-state index contributed by atoms with van der Waals surface area (Å²) in [7, 11) is 7.01. The van der Waals surface area contributed by atoms with E-state index in [1.54, 1.807) is 45.3 Å². The molecule has 1 aromatic heterocycles. The van der Waals surface area contributed by atoms with Gasteiger partial charge in [-0.2, -0.15) is 0 Å². The Labute approximate surface area is 452 Å². The normalized spacial score (nSPS) is 35.3. The maximum Gasteiger partial charge on any atom is 0.341 e. The van der Waals surface area contributed by atoms with E-state index in [1.165, 1.54) is 27.2 Å². The maximum absolute atomic E-state index is 14.4. The summed E-state index contributed by atoms with van der Waals surface area (Å²) < 4.78 is 51.5. The number of aliphatic hydroxyl groups excluding tert-OH is 2. The molecule has 0 spiro atoms. The molecule has 0 radical (unpaired) electrons. The molecule has 22 heteroatoms. The first kappa shape index (κ1) is 63.7. The second-order valence-electron chi connectivity index (χ2n) is 22.1. The van der Waals surface area contributed by atoms with E-state index in [2.05, 4.69) is 5.16 Å². The fraction of sp³-hybridized carbons (Fsp3) is 0.764. The van der Waals surface area contributed by atoms with E-state index < -0.39 is 114 Å². The van der Waals surface area contributed by atoms with Gasteiger partial charge in [0.15, 0.2) is 18.7 Å². The van der Waals surface area contributed by atoms with Crippen LogP contribution in [0, 0.1) is 17.8 Å². The monoisotopic (exact) mass is 1090 g/mol. The van der Waals surface area contributed by atoms with Crippen LogP contribution in [0.2, 0.25) is 0 Å². The highest BCUT2D eigenvalue weighted by molar-refractivity contribution is 5.93. The molecule has 0 saturated carbocycles. The number of carbonyl (C=O) groups excluding carboxylic acids is 2. The molecule has 22 nitrogen and oxygen atoms in total. The predicted molar refractivity (Wildman–Crippen MR) is 283 cm³/mol. The molecule has 3 fully saturated rings. The van der Waals surface area contributed by atoms with Crippen LogP contribution < -0.4 is 5.43 Å². The van der Waals surface area contributed by atoms with Gasteiger partial charge in [-0.25, -0.2) is 4.79 Å². The topological polar surface area (TPSA) is 287 Å². The SMILES string of the molecule is CC[C@H]1OC(=O)[C@H](C)[C@@H](O[C@H]2CC(OC)[C@@H](OC(=O)CCN(C)CCOCCCc3ccc4c(c3)c(=O)c(C(=O)O)cn4CC)[C@H](C)O2)[C@H](C)[C@@H](O[C@H]2O[C@H](C)C[C@H](N(C)C)[C@H]2O)[C@](C)(O)C[C@@H](C)/C(=N\O)[C@@H](O)[C@]1(C)O. The van der Waals surface area contributed by atoms with Crippen LogP contribution in [-0.4, -0.2) is 208 Å². The Morgan fingerprint density at radius 2 is 1.65 bits per heavy atom. The van der Waals surface area contributed by atoms with Crippen LogP contribution in [0.25, 0.3) is 10.9 Å². The lowest BCUT2D eigenvalue weighted by molar-refractivity contribution is -0.311. The molecule has 77 heavy (non-hydrogen) atoms. The first-order valence-corrected chi connectivity index (χ1v) is 27.1. The van der Waals surface area contributed by atoms with Crippen molar-refractivity contribution < 1.29 is 83.0 Å². The number of nitrogens with zero attached hydrogens (tertiary/aromatic N) is 4. The van der Waals surface area contributed by atoms with Crippen molar-refractivity contribution >= 4 is 34.5 Å². The van der Waals surface area contributed by atoms with Crippen molar-refractivity contribution in [1.82, 2.24) is 14.4 Å². The predicted octanol–water partition coefficient (Wildman–Crippen LogP) is 3.58. The molecule has 0 amide bonds. The molecule has 2 aromatic rings. The van der Waals surface area contributed by atoms with Crippen molar-refractivity contribution in [3.05, 3.63) is 45.7 Å². The van der Waals surface area contributed by atoms with Crippen LogP contribution in [0.4, 0.5) is 0 Å². The summed E-state index contributed by atoms with van der Waals surface area (Å²) >= 11 is 0. The molecular formula is C55H88N4O18. The standard InChI is InChI=1S/C55H88N4O18/c1-14-41-55(9,68)49(63)44(56-69)30(3)28-54(8,67)50(77-53-46(62)39(57(10)11)25-31(4)72-53)32(5)47(33(6)52(66)74-41)76-43-27-40(70-13)48(34(7)73-43)75-42(60)20-21-58(12)22-24-71-23-16-17-35-18-19-38-36(26-35)45(61)37(51(64)65)29-59(38)15-2/h18-19,26,29-34,39-41,43,46-50,53,62-63,67-69H,14-17,20-25,27-28H2,1-13H3,(H,64,65)/b56-44+/t30-,31-,32+,33-,34+,39+,40?,41-,43+,46-,47+,48+,49-,50-,53-,54-,55-/m1/s1. The molecule has 17 atom stereocenters. The number of pyridine rings is 1. The zero-order chi connectivity index (χ0) is 57.3. The van der Waals surface area contributed by atoms with E-state index in [9.17, 15) is 49.9 Å². The minimum Gasteiger partial charge on any atom is -0.477 e. The molecule has 436 valence electrons. The van der Waals surface area contributed by atoms with Gasteiger partial charge < -0.3 is 83.0 Å². The average Bonchev–Trinajstić information content (AvgIpc) is 3.37. The number of benzene rings is 1. The first-order chi connectivity index (χ1) is 36.2. The van der Waals surface area contributed by atoms with Crippen LogP contribution in [0.5, 0.6) is 0 Å². The third-order valence-corrected chi connectivity index (χ3v) is 15.8. The number of aromatic carboxylic acids is 1. The largest absolute Gasteiger partial charge is 0.477 e. The van der Waals surface area contributed by atoms with Gasteiger partial charge in [-0.3, -0.25) is 14.4 Å². The number of fused-ring (bicyclic) bond motifs is 1. The van der Waals surface area contributed by atoms with Crippen molar-refractivity contribution in [2.24, 2.45) is 22.9 Å². The first-order valence-electron chi connectivity index (χ1n) is 27.1. The molecule has 0 bridgehead atoms. The number of likely N-dealkylation sites (N-methyl/N-ethyl adjacent to an activating group) is 2. The number of esters is 2. The minimum absolute atomic E-state index is 0.0479. The highest BCUT2D eigenvalue weighted by atomic mass is 16.7. The lowest BCUT2D eigenvalue weighted by Crippen LogP contribution is -2.60. The summed E-state index contributed by atoms with van der Waals surface area (Å²) in [5.74, 6) is -5.50. The summed E-state index contributed by atoms with van der Waals surface area (Å²) in [5, 5.41) is 71.1. The molecule has 1 aromatic carbocycles. The zero-order valence-corrected chi connectivity index (χ0v) is 47.3. The summed E-state index contributed by atoms with van der Waals surface area (Å²) in [6.45, 7) is 17.1. The summed E-state index contributed by atoms with van der Waals surface area (Å²) in [6, 6.07) is 5.15. The number of aryl methyl sites for hydroxylation is 2. The highest BCUT2D eigenvalue weighted by Crippen LogP contribution is 2.40. The number of oxime groups is 1. The molecule has 6 N–H and O–H groups in total. The number of carboxylic acids is 1. The van der Waals surface area contributed by atoms with Gasteiger partial charge in [0.05, 0.1) is 60.2 Å². The zero-order valence-electron chi connectivity index (χ0n) is 47.3. The Bertz CT molecular complexity index is 2360. The van der Waals surface area contributed by atoms with Crippen molar-refractivity contribution in [3.63, 3.8) is 0 Å². The van der Waals surface area contributed by atoms with Gasteiger partial charge in [0.1, 0.15) is 35.6 Å². The van der Waals surface area contributed by atoms with E-state index >= 15 is 0 Å². The number of carbonyl (C=O) groups is 3. The fourth-order valence-electron chi connectivity index (χ4n) is 11.2. The minimum atomic E-state index is -2.15. The van der Waals surface area contributed by atoms with Gasteiger partial charge in [0, 0.05) is 69.2 Å². The summed E-state index contributed by atoms with van der Waals surface area (Å²) in [4.78, 5) is 56.1. The summed E-state index contributed by atoms with van der Waals surface area (Å²) in [5.41, 5.74) is -3.47. The van der Waals surface area contributed by atoms with Crippen LogP contribution >= 0.6 is 0 Å². The smallest absolute Gasteiger partial charge is 0.341 e. The van der Waals surface area contributed by atoms with Crippen LogP contribution in [0.3, 0.4) is 0 Å². The number of hydrogen-bond acceptors (Lipinski definition) is 20.